The number of carboxylic acids is 1. The van der Waals surface area contributed by atoms with Gasteiger partial charge >= 0.3 is 18.2 Å². The normalized spacial score (nSPS) is 11.1. The summed E-state index contributed by atoms with van der Waals surface area (Å²) in [4.78, 5) is 32.6. The number of alkyl carbamates (subject to hydrolysis) is 2. The second kappa shape index (κ2) is 19.8. The van der Waals surface area contributed by atoms with Gasteiger partial charge in [0.15, 0.2) is 0 Å². The van der Waals surface area contributed by atoms with E-state index in [1.807, 2.05) is 41.5 Å². The average Bonchev–Trinajstić information content (AvgIpc) is 2.61. The summed E-state index contributed by atoms with van der Waals surface area (Å²) in [5.74, 6) is 2.32. The lowest BCUT2D eigenvalue weighted by Crippen LogP contribution is -2.33. The first kappa shape index (κ1) is 33.5. The van der Waals surface area contributed by atoms with Crippen LogP contribution in [0.1, 0.15) is 48.0 Å². The van der Waals surface area contributed by atoms with E-state index < -0.39 is 23.3 Å². The molecule has 32 heavy (non-hydrogen) atoms. The van der Waals surface area contributed by atoms with Gasteiger partial charge in [0, 0.05) is 42.6 Å². The smallest absolute Gasteiger partial charge is 0.407 e. The third-order valence-electron chi connectivity index (χ3n) is 2.47. The van der Waals surface area contributed by atoms with Gasteiger partial charge in [-0.3, -0.25) is 4.79 Å². The molecule has 0 heterocycles. The van der Waals surface area contributed by atoms with Gasteiger partial charge in [-0.25, -0.2) is 9.59 Å². The third kappa shape index (κ3) is 31.6. The maximum Gasteiger partial charge on any atom is 0.407 e. The predicted molar refractivity (Wildman–Crippen MR) is 140 cm³/mol. The fourth-order valence-electron chi connectivity index (χ4n) is 1.43. The van der Waals surface area contributed by atoms with Crippen LogP contribution in [-0.2, 0) is 14.3 Å². The van der Waals surface area contributed by atoms with Crippen LogP contribution in [-0.4, -0.2) is 77.1 Å². The largest absolute Gasteiger partial charge is 0.481 e. The fraction of sp³-hybridized carbons (Fsp3) is 0.842. The van der Waals surface area contributed by atoms with Gasteiger partial charge in [0.25, 0.3) is 0 Å². The second-order valence-corrected chi connectivity index (χ2v) is 13.5. The highest BCUT2D eigenvalue weighted by atomic mass is 33.1. The van der Waals surface area contributed by atoms with Crippen molar-refractivity contribution < 1.29 is 29.0 Å². The minimum Gasteiger partial charge on any atom is -0.481 e. The first-order valence-electron chi connectivity index (χ1n) is 10.1. The SMILES string of the molecule is CC(C)(C)OC(=O)NCCSSCCC(=O)O.CC(C)(C)OC(=O)NCCSSCCN. The highest BCUT2D eigenvalue weighted by Crippen LogP contribution is 2.21. The van der Waals surface area contributed by atoms with Crippen molar-refractivity contribution in [2.45, 2.75) is 59.2 Å². The lowest BCUT2D eigenvalue weighted by molar-refractivity contribution is -0.136. The van der Waals surface area contributed by atoms with Crippen LogP contribution in [0.4, 0.5) is 9.59 Å². The van der Waals surface area contributed by atoms with Gasteiger partial charge in [-0.2, -0.15) is 0 Å². The summed E-state index contributed by atoms with van der Waals surface area (Å²) < 4.78 is 10.1. The van der Waals surface area contributed by atoms with Crippen LogP contribution in [0.5, 0.6) is 0 Å². The number of nitrogens with one attached hydrogen (secondary N) is 2. The summed E-state index contributed by atoms with van der Waals surface area (Å²) in [6, 6.07) is 0. The molecule has 0 radical (unpaired) electrons. The Hall–Kier alpha value is -0.630. The molecule has 0 unspecified atom stereocenters. The van der Waals surface area contributed by atoms with E-state index in [-0.39, 0.29) is 12.5 Å². The van der Waals surface area contributed by atoms with E-state index in [4.69, 9.17) is 20.3 Å². The van der Waals surface area contributed by atoms with E-state index in [0.29, 0.717) is 25.4 Å². The average molecular weight is 534 g/mol. The monoisotopic (exact) mass is 533 g/mol. The number of carbonyl (C=O) groups is 3. The van der Waals surface area contributed by atoms with Crippen LogP contribution in [0.3, 0.4) is 0 Å². The Morgan fingerprint density at radius 3 is 1.47 bits per heavy atom. The maximum absolute atomic E-state index is 11.2. The molecule has 0 rings (SSSR count). The number of amides is 2. The third-order valence-corrected chi connectivity index (χ3v) is 7.32. The molecule has 2 amide bonds. The molecule has 0 aromatic heterocycles. The van der Waals surface area contributed by atoms with Crippen molar-refractivity contribution >= 4 is 61.3 Å². The molecular weight excluding hydrogens is 494 g/mol. The number of nitrogens with two attached hydrogens (primary N) is 1. The standard InChI is InChI=1S/C10H19NO4S2.C9H20N2O2S2/c1-10(2,3)15-9(14)11-5-7-17-16-6-4-8(12)13;1-9(2,3)13-8(12)11-5-7-15-14-6-4-10/h4-7H2,1-3H3,(H,11,14)(H,12,13);4-7,10H2,1-3H3,(H,11,12). The zero-order chi connectivity index (χ0) is 25.0. The van der Waals surface area contributed by atoms with E-state index >= 15 is 0 Å². The number of hydrogen-bond acceptors (Lipinski definition) is 10. The maximum atomic E-state index is 11.2. The van der Waals surface area contributed by atoms with Crippen LogP contribution < -0.4 is 16.4 Å². The topological polar surface area (TPSA) is 140 Å². The number of carboxylic acid groups (broad SMARTS) is 1. The Labute approximate surface area is 208 Å². The molecule has 9 nitrogen and oxygen atoms in total. The highest BCUT2D eigenvalue weighted by molar-refractivity contribution is 8.77. The molecule has 0 spiro atoms. The molecule has 0 aliphatic rings. The van der Waals surface area contributed by atoms with E-state index in [9.17, 15) is 14.4 Å². The quantitative estimate of drug-likeness (QED) is 0.200. The Morgan fingerprint density at radius 1 is 0.750 bits per heavy atom. The Kier molecular flexibility index (Phi) is 20.8. The molecule has 0 aliphatic heterocycles. The fourth-order valence-corrected chi connectivity index (χ4v) is 5.08. The van der Waals surface area contributed by atoms with E-state index in [0.717, 1.165) is 17.3 Å². The van der Waals surface area contributed by atoms with Crippen molar-refractivity contribution in [3.8, 4) is 0 Å². The predicted octanol–water partition coefficient (Wildman–Crippen LogP) is 4.22. The Morgan fingerprint density at radius 2 is 1.12 bits per heavy atom. The lowest BCUT2D eigenvalue weighted by Gasteiger charge is -2.19. The number of carbonyl (C=O) groups excluding carboxylic acids is 2. The minimum atomic E-state index is -0.787. The van der Waals surface area contributed by atoms with Crippen molar-refractivity contribution in [2.24, 2.45) is 5.73 Å². The minimum absolute atomic E-state index is 0.164. The first-order chi connectivity index (χ1) is 14.8. The van der Waals surface area contributed by atoms with Crippen molar-refractivity contribution in [3.63, 3.8) is 0 Å². The zero-order valence-corrected chi connectivity index (χ0v) is 23.1. The van der Waals surface area contributed by atoms with Gasteiger partial charge in [-0.1, -0.05) is 43.2 Å². The summed E-state index contributed by atoms with van der Waals surface area (Å²) in [5.41, 5.74) is 4.43. The molecule has 0 aliphatic carbocycles. The number of rotatable bonds is 13. The van der Waals surface area contributed by atoms with Gasteiger partial charge in [0.1, 0.15) is 11.2 Å². The molecule has 13 heteroatoms. The van der Waals surface area contributed by atoms with Crippen molar-refractivity contribution in [1.82, 2.24) is 10.6 Å². The molecule has 190 valence electrons. The van der Waals surface area contributed by atoms with Gasteiger partial charge in [-0.05, 0) is 41.5 Å². The van der Waals surface area contributed by atoms with Crippen LogP contribution in [0.25, 0.3) is 0 Å². The lowest BCUT2D eigenvalue weighted by atomic mass is 10.2. The molecule has 0 atom stereocenters. The molecule has 5 N–H and O–H groups in total. The molecule has 0 aromatic carbocycles. The van der Waals surface area contributed by atoms with Crippen LogP contribution in [0, 0.1) is 0 Å². The molecule has 0 fully saturated rings. The van der Waals surface area contributed by atoms with Gasteiger partial charge in [0.2, 0.25) is 0 Å². The van der Waals surface area contributed by atoms with Crippen LogP contribution in [0.15, 0.2) is 0 Å². The summed E-state index contributed by atoms with van der Waals surface area (Å²) in [6.07, 6.45) is -0.613. The molecule has 0 saturated carbocycles. The van der Waals surface area contributed by atoms with E-state index in [1.54, 1.807) is 21.6 Å². The van der Waals surface area contributed by atoms with Crippen molar-refractivity contribution in [3.05, 3.63) is 0 Å². The summed E-state index contributed by atoms with van der Waals surface area (Å²) in [5, 5.41) is 13.7. The van der Waals surface area contributed by atoms with Crippen molar-refractivity contribution in [2.75, 3.05) is 42.6 Å². The molecule has 0 aromatic rings. The molecular formula is C19H39N3O6S4. The number of aliphatic carboxylic acids is 1. The Bertz CT molecular complexity index is 528. The Balaban J connectivity index is 0. The summed E-state index contributed by atoms with van der Waals surface area (Å²) in [6.45, 7) is 12.8. The number of ether oxygens (including phenoxy) is 2. The number of hydrogen-bond donors (Lipinski definition) is 4. The summed E-state index contributed by atoms with van der Waals surface area (Å²) >= 11 is 0. The van der Waals surface area contributed by atoms with E-state index in [2.05, 4.69) is 10.6 Å². The second-order valence-electron chi connectivity index (χ2n) is 8.08. The first-order valence-corrected chi connectivity index (χ1v) is 15.1. The van der Waals surface area contributed by atoms with E-state index in [1.165, 1.54) is 21.6 Å². The summed E-state index contributed by atoms with van der Waals surface area (Å²) in [7, 11) is 6.45. The van der Waals surface area contributed by atoms with Crippen molar-refractivity contribution in [1.29, 1.82) is 0 Å². The highest BCUT2D eigenvalue weighted by Gasteiger charge is 2.16. The molecule has 0 saturated heterocycles. The van der Waals surface area contributed by atoms with Gasteiger partial charge < -0.3 is 30.9 Å². The molecule has 0 bridgehead atoms. The van der Waals surface area contributed by atoms with Crippen LogP contribution in [0.2, 0.25) is 0 Å². The van der Waals surface area contributed by atoms with Gasteiger partial charge in [-0.15, -0.1) is 0 Å². The van der Waals surface area contributed by atoms with Crippen LogP contribution >= 0.6 is 43.2 Å². The van der Waals surface area contributed by atoms with Gasteiger partial charge in [0.05, 0.1) is 6.42 Å². The zero-order valence-electron chi connectivity index (χ0n) is 19.9.